The largest absolute Gasteiger partial charge is 0.491 e. The average molecular weight is 673 g/mol. The van der Waals surface area contributed by atoms with Gasteiger partial charge in [-0.1, -0.05) is 44.0 Å². The standard InChI is InChI=1S/C33H41ClN4O7S/c1-4-5-16-43-31(39)23-42-15-7-6-8-17-44-32-27(21-35)19-25(20-30(32)34)18-24(2)26-9-11-29(12-10-26)45-22-28-13-14-36-33(37-28)38-46(3,40)41/h9-14,19-20,24H,4-8,15-18,22-23H2,1-3H3,(H,36,37,38)/t24-/m1/s1. The first kappa shape index (κ1) is 36.5. The van der Waals surface area contributed by atoms with Gasteiger partial charge in [0.15, 0.2) is 5.75 Å². The topological polar surface area (TPSA) is 150 Å². The number of hydrogen-bond donors (Lipinski definition) is 1. The van der Waals surface area contributed by atoms with E-state index in [1.807, 2.05) is 43.3 Å². The molecule has 1 atom stereocenters. The number of ether oxygens (including phenoxy) is 4. The lowest BCUT2D eigenvalue weighted by molar-refractivity contribution is -0.149. The van der Waals surface area contributed by atoms with Crippen molar-refractivity contribution >= 4 is 33.5 Å². The number of sulfonamides is 1. The number of esters is 1. The van der Waals surface area contributed by atoms with Crippen molar-refractivity contribution in [2.24, 2.45) is 0 Å². The van der Waals surface area contributed by atoms with Crippen LogP contribution in [0.5, 0.6) is 11.5 Å². The van der Waals surface area contributed by atoms with E-state index in [4.69, 9.17) is 30.5 Å². The molecule has 0 saturated heterocycles. The Hall–Kier alpha value is -3.92. The van der Waals surface area contributed by atoms with E-state index in [0.717, 1.165) is 49.5 Å². The van der Waals surface area contributed by atoms with Gasteiger partial charge in [0.2, 0.25) is 16.0 Å². The van der Waals surface area contributed by atoms with E-state index in [1.165, 1.54) is 6.20 Å². The van der Waals surface area contributed by atoms with Gasteiger partial charge in [0, 0.05) is 12.8 Å². The third-order valence-electron chi connectivity index (χ3n) is 6.75. The molecule has 3 rings (SSSR count). The number of halogens is 1. The molecule has 0 bridgehead atoms. The minimum Gasteiger partial charge on any atom is -0.491 e. The summed E-state index contributed by atoms with van der Waals surface area (Å²) in [5.74, 6) is 0.810. The van der Waals surface area contributed by atoms with Crippen molar-refractivity contribution in [3.63, 3.8) is 0 Å². The number of carbonyl (C=O) groups excluding carboxylic acids is 1. The second kappa shape index (κ2) is 18.9. The van der Waals surface area contributed by atoms with Crippen molar-refractivity contribution in [1.82, 2.24) is 9.97 Å². The lowest BCUT2D eigenvalue weighted by Gasteiger charge is -2.16. The van der Waals surface area contributed by atoms with Gasteiger partial charge in [0.25, 0.3) is 0 Å². The second-order valence-corrected chi connectivity index (χ2v) is 13.0. The highest BCUT2D eigenvalue weighted by molar-refractivity contribution is 7.91. The minimum absolute atomic E-state index is 0.0103. The summed E-state index contributed by atoms with van der Waals surface area (Å²) in [6, 6.07) is 15.2. The van der Waals surface area contributed by atoms with E-state index < -0.39 is 10.0 Å². The molecular formula is C33H41ClN4O7S. The van der Waals surface area contributed by atoms with Crippen LogP contribution in [0.3, 0.4) is 0 Å². The van der Waals surface area contributed by atoms with Gasteiger partial charge in [0.1, 0.15) is 25.0 Å². The highest BCUT2D eigenvalue weighted by Crippen LogP contribution is 2.33. The van der Waals surface area contributed by atoms with Gasteiger partial charge in [0.05, 0.1) is 35.7 Å². The van der Waals surface area contributed by atoms with Crippen molar-refractivity contribution in [3.8, 4) is 17.6 Å². The van der Waals surface area contributed by atoms with Crippen LogP contribution in [0.15, 0.2) is 48.7 Å². The maximum atomic E-state index is 11.5. The first-order valence-electron chi connectivity index (χ1n) is 15.2. The molecule has 0 aliphatic heterocycles. The van der Waals surface area contributed by atoms with E-state index in [9.17, 15) is 18.5 Å². The second-order valence-electron chi connectivity index (χ2n) is 10.8. The summed E-state index contributed by atoms with van der Waals surface area (Å²) in [5, 5.41) is 10.2. The number of nitriles is 1. The molecule has 1 heterocycles. The SMILES string of the molecule is CCCCOC(=O)COCCCCCOc1c(Cl)cc(C[C@@H](C)c2ccc(OCc3ccnc(NS(C)(=O)=O)n3)cc2)cc1C#N. The molecule has 0 aliphatic rings. The smallest absolute Gasteiger partial charge is 0.332 e. The fourth-order valence-electron chi connectivity index (χ4n) is 4.39. The minimum atomic E-state index is -3.48. The number of rotatable bonds is 20. The van der Waals surface area contributed by atoms with Crippen LogP contribution in [0.1, 0.15) is 74.3 Å². The highest BCUT2D eigenvalue weighted by atomic mass is 35.5. The van der Waals surface area contributed by atoms with E-state index in [1.54, 1.807) is 6.07 Å². The Bertz CT molecular complexity index is 1560. The van der Waals surface area contributed by atoms with Crippen molar-refractivity contribution in [1.29, 1.82) is 5.26 Å². The Balaban J connectivity index is 1.44. The van der Waals surface area contributed by atoms with Gasteiger partial charge in [-0.25, -0.2) is 23.2 Å². The van der Waals surface area contributed by atoms with Crippen LogP contribution in [-0.4, -0.2) is 57.0 Å². The Labute approximate surface area is 276 Å². The van der Waals surface area contributed by atoms with E-state index >= 15 is 0 Å². The van der Waals surface area contributed by atoms with Crippen LogP contribution in [0, 0.1) is 11.3 Å². The maximum Gasteiger partial charge on any atom is 0.332 e. The van der Waals surface area contributed by atoms with Gasteiger partial charge in [-0.2, -0.15) is 5.26 Å². The average Bonchev–Trinajstić information content (AvgIpc) is 3.01. The number of hydrogen-bond acceptors (Lipinski definition) is 10. The van der Waals surface area contributed by atoms with Crippen molar-refractivity contribution in [2.45, 2.75) is 64.9 Å². The number of aromatic nitrogens is 2. The molecule has 1 aromatic heterocycles. The van der Waals surface area contributed by atoms with Crippen LogP contribution < -0.4 is 14.2 Å². The number of anilines is 1. The summed E-state index contributed by atoms with van der Waals surface area (Å²) in [6.45, 7) is 5.55. The Morgan fingerprint density at radius 3 is 2.52 bits per heavy atom. The lowest BCUT2D eigenvalue weighted by atomic mass is 9.93. The predicted octanol–water partition coefficient (Wildman–Crippen LogP) is 6.21. The molecular weight excluding hydrogens is 632 g/mol. The molecule has 0 fully saturated rings. The van der Waals surface area contributed by atoms with Crippen LogP contribution in [0.4, 0.5) is 5.95 Å². The van der Waals surface area contributed by atoms with Gasteiger partial charge < -0.3 is 18.9 Å². The monoisotopic (exact) mass is 672 g/mol. The van der Waals surface area contributed by atoms with Crippen LogP contribution >= 0.6 is 11.6 Å². The normalized spacial score (nSPS) is 11.8. The zero-order chi connectivity index (χ0) is 33.4. The Kier molecular flexibility index (Phi) is 15.0. The summed E-state index contributed by atoms with van der Waals surface area (Å²) in [7, 11) is -3.48. The van der Waals surface area contributed by atoms with Gasteiger partial charge >= 0.3 is 5.97 Å². The van der Waals surface area contributed by atoms with Gasteiger partial charge in [-0.15, -0.1) is 0 Å². The van der Waals surface area contributed by atoms with Gasteiger partial charge in [-0.05, 0) is 79.5 Å². The van der Waals surface area contributed by atoms with Crippen LogP contribution in [-0.2, 0) is 37.3 Å². The quantitative estimate of drug-likeness (QED) is 0.108. The van der Waals surface area contributed by atoms with Gasteiger partial charge in [-0.3, -0.25) is 4.72 Å². The fourth-order valence-corrected chi connectivity index (χ4v) is 5.12. The number of benzene rings is 2. The first-order valence-corrected chi connectivity index (χ1v) is 17.5. The maximum absolute atomic E-state index is 11.5. The van der Waals surface area contributed by atoms with E-state index in [2.05, 4.69) is 27.7 Å². The Morgan fingerprint density at radius 2 is 1.80 bits per heavy atom. The van der Waals surface area contributed by atoms with Crippen molar-refractivity contribution < 1.29 is 32.2 Å². The Morgan fingerprint density at radius 1 is 1.04 bits per heavy atom. The molecule has 0 unspecified atom stereocenters. The summed E-state index contributed by atoms with van der Waals surface area (Å²) in [5.41, 5.74) is 2.93. The van der Waals surface area contributed by atoms with Crippen molar-refractivity contribution in [3.05, 3.63) is 76.1 Å². The molecule has 1 N–H and O–H groups in total. The molecule has 11 nitrogen and oxygen atoms in total. The van der Waals surface area contributed by atoms with E-state index in [-0.39, 0.29) is 31.0 Å². The number of nitrogens with one attached hydrogen (secondary N) is 1. The molecule has 248 valence electrons. The molecule has 2 aromatic carbocycles. The van der Waals surface area contributed by atoms with Crippen LogP contribution in [0.2, 0.25) is 5.02 Å². The molecule has 0 spiro atoms. The summed E-state index contributed by atoms with van der Waals surface area (Å²) in [6.07, 6.45) is 7.36. The molecule has 0 saturated carbocycles. The summed E-state index contributed by atoms with van der Waals surface area (Å²) < 4.78 is 47.2. The zero-order valence-corrected chi connectivity index (χ0v) is 28.0. The van der Waals surface area contributed by atoms with Crippen molar-refractivity contribution in [2.75, 3.05) is 37.4 Å². The predicted molar refractivity (Wildman–Crippen MR) is 176 cm³/mol. The third-order valence-corrected chi connectivity index (χ3v) is 7.59. The number of unbranched alkanes of at least 4 members (excludes halogenated alkanes) is 3. The summed E-state index contributed by atoms with van der Waals surface area (Å²) in [4.78, 5) is 19.6. The summed E-state index contributed by atoms with van der Waals surface area (Å²) >= 11 is 6.55. The molecule has 0 aliphatic carbocycles. The van der Waals surface area contributed by atoms with E-state index in [0.29, 0.717) is 54.0 Å². The number of nitrogens with zero attached hydrogens (tertiary/aromatic N) is 3. The van der Waals surface area contributed by atoms with Crippen LogP contribution in [0.25, 0.3) is 0 Å². The molecule has 3 aromatic rings. The molecule has 0 radical (unpaired) electrons. The molecule has 46 heavy (non-hydrogen) atoms. The zero-order valence-electron chi connectivity index (χ0n) is 26.5. The molecule has 13 heteroatoms. The first-order chi connectivity index (χ1) is 22.1. The molecule has 0 amide bonds. The lowest BCUT2D eigenvalue weighted by Crippen LogP contribution is -2.14. The third kappa shape index (κ3) is 13.2. The fraction of sp³-hybridized carbons (Fsp3) is 0.455. The highest BCUT2D eigenvalue weighted by Gasteiger charge is 2.15. The number of carbonyl (C=O) groups is 1.